The second kappa shape index (κ2) is 7.16. The predicted octanol–water partition coefficient (Wildman–Crippen LogP) is 1.24. The van der Waals surface area contributed by atoms with E-state index >= 15 is 0 Å². The molecule has 5 nitrogen and oxygen atoms in total. The van der Waals surface area contributed by atoms with Crippen molar-refractivity contribution >= 4 is 21.4 Å². The quantitative estimate of drug-likeness (QED) is 0.778. The minimum atomic E-state index is -4.38. The van der Waals surface area contributed by atoms with Crippen LogP contribution >= 0.6 is 0 Å². The molecule has 0 aliphatic carbocycles. The highest BCUT2D eigenvalue weighted by Crippen LogP contribution is 2.24. The lowest BCUT2D eigenvalue weighted by atomic mass is 10.2. The monoisotopic (exact) mass is 386 g/mol. The maximum Gasteiger partial charge on any atom is 0.264 e. The van der Waals surface area contributed by atoms with Crippen molar-refractivity contribution in [1.82, 2.24) is 0 Å². The molecule has 0 amide bonds. The Hall–Kier alpha value is -2.26. The second-order valence-corrected chi connectivity index (χ2v) is 7.92. The van der Waals surface area contributed by atoms with Gasteiger partial charge in [0.25, 0.3) is 10.0 Å². The zero-order valence-corrected chi connectivity index (χ0v) is 14.9. The summed E-state index contributed by atoms with van der Waals surface area (Å²) in [6, 6.07) is 7.90. The number of piperazine rings is 1. The number of benzene rings is 2. The topological polar surface area (TPSA) is 53.9 Å². The van der Waals surface area contributed by atoms with Crippen LogP contribution in [0.2, 0.25) is 0 Å². The van der Waals surface area contributed by atoms with Gasteiger partial charge in [-0.15, -0.1) is 0 Å². The Bertz CT molecular complexity index is 896. The predicted molar refractivity (Wildman–Crippen MR) is 92.4 cm³/mol. The minimum Gasteiger partial charge on any atom is -0.360 e. The van der Waals surface area contributed by atoms with Gasteiger partial charge in [-0.3, -0.25) is 4.72 Å². The van der Waals surface area contributed by atoms with Gasteiger partial charge in [0.2, 0.25) is 0 Å². The van der Waals surface area contributed by atoms with Crippen molar-refractivity contribution in [2.45, 2.75) is 4.90 Å². The minimum absolute atomic E-state index is 0.206. The summed E-state index contributed by atoms with van der Waals surface area (Å²) in [5.41, 5.74) is 1.16. The summed E-state index contributed by atoms with van der Waals surface area (Å²) in [6.07, 6.45) is 0. The molecule has 1 heterocycles. The first kappa shape index (κ1) is 18.5. The Kier molecular flexibility index (Phi) is 5.10. The lowest BCUT2D eigenvalue weighted by Crippen LogP contribution is -3.12. The van der Waals surface area contributed by atoms with Gasteiger partial charge in [0.15, 0.2) is 17.5 Å². The third-order valence-corrected chi connectivity index (χ3v) is 5.79. The highest BCUT2D eigenvalue weighted by atomic mass is 32.2. The number of hydrogen-bond donors (Lipinski definition) is 2. The lowest BCUT2D eigenvalue weighted by Gasteiger charge is -2.31. The molecule has 9 heteroatoms. The standard InChI is InChI=1S/C17H18F3N3O2S/c1-22-8-10-23(11-9-22)13-4-2-12(3-5-13)21-26(24,25)15-7-6-14(18)16(19)17(15)20/h2-7,21H,8-11H2,1H3/p+1. The van der Waals surface area contributed by atoms with Gasteiger partial charge >= 0.3 is 0 Å². The third kappa shape index (κ3) is 3.78. The third-order valence-electron chi connectivity index (χ3n) is 4.39. The fraction of sp³-hybridized carbons (Fsp3) is 0.294. The fourth-order valence-electron chi connectivity index (χ4n) is 2.81. The van der Waals surface area contributed by atoms with Crippen molar-refractivity contribution in [3.63, 3.8) is 0 Å². The molecule has 1 aliphatic heterocycles. The zero-order valence-electron chi connectivity index (χ0n) is 14.1. The summed E-state index contributed by atoms with van der Waals surface area (Å²) in [5, 5.41) is 0. The van der Waals surface area contributed by atoms with Crippen molar-refractivity contribution in [3.8, 4) is 0 Å². The van der Waals surface area contributed by atoms with Gasteiger partial charge in [0.05, 0.1) is 33.2 Å². The number of sulfonamides is 1. The Morgan fingerprint density at radius 2 is 1.58 bits per heavy atom. The van der Waals surface area contributed by atoms with E-state index in [0.717, 1.165) is 31.9 Å². The number of anilines is 2. The number of hydrogen-bond acceptors (Lipinski definition) is 3. The van der Waals surface area contributed by atoms with Gasteiger partial charge in [-0.05, 0) is 36.4 Å². The molecular formula is C17H19F3N3O2S+. The van der Waals surface area contributed by atoms with Crippen LogP contribution in [0.15, 0.2) is 41.3 Å². The molecule has 0 unspecified atom stereocenters. The van der Waals surface area contributed by atoms with E-state index in [9.17, 15) is 21.6 Å². The molecule has 2 aromatic carbocycles. The Morgan fingerprint density at radius 3 is 2.19 bits per heavy atom. The summed E-state index contributed by atoms with van der Waals surface area (Å²) < 4.78 is 66.7. The number of nitrogens with zero attached hydrogens (tertiary/aromatic N) is 1. The molecule has 3 rings (SSSR count). The van der Waals surface area contributed by atoms with Crippen LogP contribution in [0, 0.1) is 17.5 Å². The van der Waals surface area contributed by atoms with Crippen molar-refractivity contribution < 1.29 is 26.5 Å². The average Bonchev–Trinajstić information content (AvgIpc) is 2.60. The number of likely N-dealkylation sites (N-methyl/N-ethyl adjacent to an activating group) is 1. The van der Waals surface area contributed by atoms with Gasteiger partial charge in [-0.25, -0.2) is 21.6 Å². The summed E-state index contributed by atoms with van der Waals surface area (Å²) in [6.45, 7) is 3.83. The van der Waals surface area contributed by atoms with E-state index in [-0.39, 0.29) is 5.69 Å². The first-order valence-corrected chi connectivity index (χ1v) is 9.59. The maximum absolute atomic E-state index is 13.8. The molecule has 1 fully saturated rings. The van der Waals surface area contributed by atoms with Crippen molar-refractivity contribution in [3.05, 3.63) is 53.8 Å². The van der Waals surface area contributed by atoms with Crippen LogP contribution in [0.5, 0.6) is 0 Å². The van der Waals surface area contributed by atoms with Crippen LogP contribution in [0.1, 0.15) is 0 Å². The van der Waals surface area contributed by atoms with Gasteiger partial charge in [-0.1, -0.05) is 0 Å². The number of quaternary nitrogens is 1. The van der Waals surface area contributed by atoms with Gasteiger partial charge in [-0.2, -0.15) is 0 Å². The van der Waals surface area contributed by atoms with E-state index in [1.165, 1.54) is 4.90 Å². The molecule has 0 bridgehead atoms. The molecule has 1 saturated heterocycles. The van der Waals surface area contributed by atoms with Gasteiger partial charge < -0.3 is 9.80 Å². The zero-order chi connectivity index (χ0) is 18.9. The molecule has 0 spiro atoms. The number of rotatable bonds is 4. The second-order valence-electron chi connectivity index (χ2n) is 6.27. The van der Waals surface area contributed by atoms with E-state index in [4.69, 9.17) is 0 Å². The van der Waals surface area contributed by atoms with Crippen LogP contribution < -0.4 is 14.5 Å². The van der Waals surface area contributed by atoms with E-state index < -0.39 is 32.4 Å². The van der Waals surface area contributed by atoms with E-state index in [1.54, 1.807) is 24.3 Å². The molecular weight excluding hydrogens is 367 g/mol. The molecule has 140 valence electrons. The summed E-state index contributed by atoms with van der Waals surface area (Å²) in [5.74, 6) is -5.01. The molecule has 2 N–H and O–H groups in total. The SMILES string of the molecule is C[NH+]1CCN(c2ccc(NS(=O)(=O)c3ccc(F)c(F)c3F)cc2)CC1. The molecule has 26 heavy (non-hydrogen) atoms. The molecule has 0 saturated carbocycles. The van der Waals surface area contributed by atoms with Crippen molar-refractivity contribution in [2.24, 2.45) is 0 Å². The van der Waals surface area contributed by atoms with Crippen LogP contribution in [-0.4, -0.2) is 41.6 Å². The first-order chi connectivity index (χ1) is 12.3. The Morgan fingerprint density at radius 1 is 0.962 bits per heavy atom. The highest BCUT2D eigenvalue weighted by Gasteiger charge is 2.24. The highest BCUT2D eigenvalue weighted by molar-refractivity contribution is 7.92. The largest absolute Gasteiger partial charge is 0.360 e. The average molecular weight is 386 g/mol. The van der Waals surface area contributed by atoms with Gasteiger partial charge in [0.1, 0.15) is 4.90 Å². The number of halogens is 3. The fourth-order valence-corrected chi connectivity index (χ4v) is 3.94. The van der Waals surface area contributed by atoms with E-state index in [0.29, 0.717) is 12.1 Å². The van der Waals surface area contributed by atoms with Crippen molar-refractivity contribution in [2.75, 3.05) is 42.8 Å². The lowest BCUT2D eigenvalue weighted by molar-refractivity contribution is -0.880. The molecule has 2 aromatic rings. The Labute approximate surface area is 150 Å². The Balaban J connectivity index is 1.77. The van der Waals surface area contributed by atoms with Crippen LogP contribution in [0.3, 0.4) is 0 Å². The summed E-state index contributed by atoms with van der Waals surface area (Å²) in [4.78, 5) is 2.71. The molecule has 0 aromatic heterocycles. The molecule has 0 atom stereocenters. The number of nitrogens with one attached hydrogen (secondary N) is 2. The summed E-state index contributed by atoms with van der Waals surface area (Å²) >= 11 is 0. The van der Waals surface area contributed by atoms with Gasteiger partial charge in [0, 0.05) is 11.4 Å². The van der Waals surface area contributed by atoms with Crippen LogP contribution in [0.25, 0.3) is 0 Å². The molecule has 1 aliphatic rings. The van der Waals surface area contributed by atoms with E-state index in [1.807, 2.05) is 0 Å². The van der Waals surface area contributed by atoms with Crippen molar-refractivity contribution in [1.29, 1.82) is 0 Å². The first-order valence-electron chi connectivity index (χ1n) is 8.10. The summed E-state index contributed by atoms with van der Waals surface area (Å²) in [7, 11) is -2.25. The smallest absolute Gasteiger partial charge is 0.264 e. The maximum atomic E-state index is 13.8. The van der Waals surface area contributed by atoms with Crippen LogP contribution in [-0.2, 0) is 10.0 Å². The normalized spacial score (nSPS) is 15.9. The van der Waals surface area contributed by atoms with E-state index in [2.05, 4.69) is 16.7 Å². The van der Waals surface area contributed by atoms with Crippen LogP contribution in [0.4, 0.5) is 24.5 Å². The molecule has 0 radical (unpaired) electrons.